The first-order valence-corrected chi connectivity index (χ1v) is 7.71. The van der Waals surface area contributed by atoms with Gasteiger partial charge < -0.3 is 10.4 Å². The fraction of sp³-hybridized carbons (Fsp3) is 0.286. The second-order valence-corrected chi connectivity index (χ2v) is 6.37. The van der Waals surface area contributed by atoms with E-state index in [0.29, 0.717) is 17.8 Å². The van der Waals surface area contributed by atoms with E-state index < -0.39 is 0 Å². The van der Waals surface area contributed by atoms with Gasteiger partial charge in [-0.3, -0.25) is 4.79 Å². The minimum absolute atomic E-state index is 0.0555. The highest BCUT2D eigenvalue weighted by molar-refractivity contribution is 7.14. The molecule has 1 amide bonds. The molecule has 2 heterocycles. The van der Waals surface area contributed by atoms with E-state index in [2.05, 4.69) is 22.1 Å². The van der Waals surface area contributed by atoms with Crippen LogP contribution in [-0.4, -0.2) is 22.6 Å². The Morgan fingerprint density at radius 3 is 3.00 bits per heavy atom. The number of aliphatic hydroxyl groups excluding tert-OH is 1. The molecule has 104 valence electrons. The van der Waals surface area contributed by atoms with E-state index in [1.54, 1.807) is 23.6 Å². The molecular weight excluding hydrogens is 292 g/mol. The molecule has 2 aromatic rings. The number of aryl methyl sites for hydroxylation is 1. The molecular formula is C14H14N2O2S2. The Kier molecular flexibility index (Phi) is 5.30. The van der Waals surface area contributed by atoms with Crippen molar-refractivity contribution in [3.63, 3.8) is 0 Å². The van der Waals surface area contributed by atoms with Crippen molar-refractivity contribution in [1.29, 1.82) is 0 Å². The number of nitrogens with zero attached hydrogens (tertiary/aromatic N) is 1. The number of hydrogen-bond donors (Lipinski definition) is 2. The lowest BCUT2D eigenvalue weighted by molar-refractivity contribution is 0.0955. The molecule has 0 fully saturated rings. The molecule has 0 unspecified atom stereocenters. The van der Waals surface area contributed by atoms with Gasteiger partial charge in [-0.1, -0.05) is 11.8 Å². The molecule has 2 aromatic heterocycles. The average Bonchev–Trinajstić information content (AvgIpc) is 3.06. The number of amides is 1. The SMILES string of the molecule is Cc1ncc(CNC(=O)c2ccc(C#CCCO)s2)s1. The molecule has 0 aliphatic rings. The molecule has 0 radical (unpaired) electrons. The summed E-state index contributed by atoms with van der Waals surface area (Å²) in [5.41, 5.74) is 0. The van der Waals surface area contributed by atoms with Gasteiger partial charge in [0.2, 0.25) is 0 Å². The molecule has 0 aliphatic heterocycles. The number of thiazole rings is 1. The van der Waals surface area contributed by atoms with Crippen molar-refractivity contribution in [3.8, 4) is 11.8 Å². The van der Waals surface area contributed by atoms with Gasteiger partial charge in [-0.05, 0) is 19.1 Å². The summed E-state index contributed by atoms with van der Waals surface area (Å²) in [6.45, 7) is 2.49. The predicted molar refractivity (Wildman–Crippen MR) is 80.9 cm³/mol. The number of thiophene rings is 1. The van der Waals surface area contributed by atoms with E-state index >= 15 is 0 Å². The standard InChI is InChI=1S/C14H14N2O2S2/c1-10-15-8-12(19-10)9-16-14(18)13-6-5-11(20-13)4-2-3-7-17/h5-6,8,17H,3,7,9H2,1H3,(H,16,18). The van der Waals surface area contributed by atoms with Crippen LogP contribution in [-0.2, 0) is 6.54 Å². The van der Waals surface area contributed by atoms with Crippen LogP contribution in [0.2, 0.25) is 0 Å². The Bertz CT molecular complexity index is 649. The van der Waals surface area contributed by atoms with Gasteiger partial charge in [0, 0.05) is 17.5 Å². The molecule has 0 aromatic carbocycles. The van der Waals surface area contributed by atoms with Gasteiger partial charge in [0.1, 0.15) is 0 Å². The van der Waals surface area contributed by atoms with Crippen molar-refractivity contribution in [2.45, 2.75) is 19.9 Å². The number of carbonyl (C=O) groups is 1. The van der Waals surface area contributed by atoms with Crippen molar-refractivity contribution in [2.75, 3.05) is 6.61 Å². The van der Waals surface area contributed by atoms with Crippen LogP contribution < -0.4 is 5.32 Å². The van der Waals surface area contributed by atoms with Crippen LogP contribution in [0.3, 0.4) is 0 Å². The van der Waals surface area contributed by atoms with Gasteiger partial charge in [-0.15, -0.1) is 22.7 Å². The van der Waals surface area contributed by atoms with Gasteiger partial charge in [-0.25, -0.2) is 4.98 Å². The van der Waals surface area contributed by atoms with Crippen LogP contribution in [0.1, 0.15) is 30.9 Å². The Morgan fingerprint density at radius 2 is 2.30 bits per heavy atom. The lowest BCUT2D eigenvalue weighted by atomic mass is 10.4. The zero-order valence-electron chi connectivity index (χ0n) is 11.0. The number of aliphatic hydroxyl groups is 1. The Labute approximate surface area is 125 Å². The van der Waals surface area contributed by atoms with Crippen LogP contribution >= 0.6 is 22.7 Å². The zero-order valence-corrected chi connectivity index (χ0v) is 12.6. The Hall–Kier alpha value is -1.68. The lowest BCUT2D eigenvalue weighted by Gasteiger charge is -1.99. The summed E-state index contributed by atoms with van der Waals surface area (Å²) >= 11 is 2.93. The molecule has 0 saturated heterocycles. The van der Waals surface area contributed by atoms with E-state index in [4.69, 9.17) is 5.11 Å². The summed E-state index contributed by atoms with van der Waals surface area (Å²) in [5.74, 6) is 5.65. The van der Waals surface area contributed by atoms with Crippen molar-refractivity contribution < 1.29 is 9.90 Å². The van der Waals surface area contributed by atoms with Crippen LogP contribution in [0.5, 0.6) is 0 Å². The maximum atomic E-state index is 12.0. The first-order valence-electron chi connectivity index (χ1n) is 6.08. The predicted octanol–water partition coefficient (Wildman–Crippen LogP) is 2.18. The van der Waals surface area contributed by atoms with Gasteiger partial charge in [-0.2, -0.15) is 0 Å². The first kappa shape index (κ1) is 14.7. The van der Waals surface area contributed by atoms with Gasteiger partial charge in [0.25, 0.3) is 5.91 Å². The third-order valence-corrected chi connectivity index (χ3v) is 4.28. The molecule has 2 rings (SSSR count). The molecule has 0 bridgehead atoms. The fourth-order valence-corrected chi connectivity index (χ4v) is 3.01. The summed E-state index contributed by atoms with van der Waals surface area (Å²) < 4.78 is 0. The molecule has 4 nitrogen and oxygen atoms in total. The van der Waals surface area contributed by atoms with Crippen molar-refractivity contribution in [3.05, 3.63) is 38.0 Å². The number of aromatic nitrogens is 1. The highest BCUT2D eigenvalue weighted by Crippen LogP contribution is 2.16. The van der Waals surface area contributed by atoms with Crippen LogP contribution in [0.4, 0.5) is 0 Å². The van der Waals surface area contributed by atoms with Crippen molar-refractivity contribution in [1.82, 2.24) is 10.3 Å². The quantitative estimate of drug-likeness (QED) is 0.851. The first-order chi connectivity index (χ1) is 9.69. The summed E-state index contributed by atoms with van der Waals surface area (Å²) in [7, 11) is 0. The maximum absolute atomic E-state index is 12.0. The Morgan fingerprint density at radius 1 is 1.45 bits per heavy atom. The molecule has 20 heavy (non-hydrogen) atoms. The van der Waals surface area contributed by atoms with E-state index in [1.807, 2.05) is 13.0 Å². The van der Waals surface area contributed by atoms with Gasteiger partial charge >= 0.3 is 0 Å². The number of nitrogens with one attached hydrogen (secondary N) is 1. The van der Waals surface area contributed by atoms with Crippen LogP contribution in [0.25, 0.3) is 0 Å². The second-order valence-electron chi connectivity index (χ2n) is 3.97. The van der Waals surface area contributed by atoms with E-state index in [1.165, 1.54) is 11.3 Å². The lowest BCUT2D eigenvalue weighted by Crippen LogP contribution is -2.21. The van der Waals surface area contributed by atoms with E-state index in [0.717, 1.165) is 14.8 Å². The van der Waals surface area contributed by atoms with Crippen molar-refractivity contribution >= 4 is 28.6 Å². The number of rotatable bonds is 4. The average molecular weight is 306 g/mol. The smallest absolute Gasteiger partial charge is 0.261 e. The third kappa shape index (κ3) is 4.17. The maximum Gasteiger partial charge on any atom is 0.261 e. The van der Waals surface area contributed by atoms with E-state index in [-0.39, 0.29) is 12.5 Å². The minimum atomic E-state index is -0.101. The molecule has 0 aliphatic carbocycles. The second kappa shape index (κ2) is 7.20. The van der Waals surface area contributed by atoms with Gasteiger partial charge in [0.15, 0.2) is 0 Å². The van der Waals surface area contributed by atoms with E-state index in [9.17, 15) is 4.79 Å². The monoisotopic (exact) mass is 306 g/mol. The molecule has 6 heteroatoms. The Balaban J connectivity index is 1.91. The van der Waals surface area contributed by atoms with Crippen LogP contribution in [0, 0.1) is 18.8 Å². The molecule has 0 saturated carbocycles. The molecule has 0 atom stereocenters. The molecule has 2 N–H and O–H groups in total. The zero-order chi connectivity index (χ0) is 14.4. The summed E-state index contributed by atoms with van der Waals surface area (Å²) in [6, 6.07) is 3.59. The summed E-state index contributed by atoms with van der Waals surface area (Å²) in [4.78, 5) is 18.6. The fourth-order valence-electron chi connectivity index (χ4n) is 1.47. The van der Waals surface area contributed by atoms with Gasteiger partial charge in [0.05, 0.1) is 27.9 Å². The minimum Gasteiger partial charge on any atom is -0.395 e. The third-order valence-electron chi connectivity index (χ3n) is 2.37. The van der Waals surface area contributed by atoms with Crippen molar-refractivity contribution in [2.24, 2.45) is 0 Å². The normalized spacial score (nSPS) is 9.90. The van der Waals surface area contributed by atoms with Crippen LogP contribution in [0.15, 0.2) is 18.3 Å². The topological polar surface area (TPSA) is 62.2 Å². The largest absolute Gasteiger partial charge is 0.395 e. The summed E-state index contributed by atoms with van der Waals surface area (Å²) in [5, 5.41) is 12.5. The number of hydrogen-bond acceptors (Lipinski definition) is 5. The summed E-state index contributed by atoms with van der Waals surface area (Å²) in [6.07, 6.45) is 2.23. The number of carbonyl (C=O) groups excluding carboxylic acids is 1. The molecule has 0 spiro atoms. The highest BCUT2D eigenvalue weighted by atomic mass is 32.1. The highest BCUT2D eigenvalue weighted by Gasteiger charge is 2.08.